The van der Waals surface area contributed by atoms with Crippen molar-refractivity contribution in [2.24, 2.45) is 0 Å². The molecule has 3 rings (SSSR count). The Bertz CT molecular complexity index is 716. The third-order valence-electron chi connectivity index (χ3n) is 4.08. The molecule has 1 unspecified atom stereocenters. The molecular weight excluding hydrogens is 295 g/mol. The fraction of sp³-hybridized carbons (Fsp3) is 0.222. The topological polar surface area (TPSA) is 40.6 Å². The standard InChI is InChI=1S/C18H17FN2O2/c1-13-17(22)21(16-5-3-2-4-6-16)12-11-20(13)18(23)14-7-9-15(19)10-8-14/h2-10,13H,11-12H2,1H3. The second kappa shape index (κ2) is 6.20. The van der Waals surface area contributed by atoms with Crippen molar-refractivity contribution in [3.05, 3.63) is 66.0 Å². The highest BCUT2D eigenvalue weighted by Gasteiger charge is 2.35. The lowest BCUT2D eigenvalue weighted by molar-refractivity contribution is -0.124. The highest BCUT2D eigenvalue weighted by Crippen LogP contribution is 2.21. The van der Waals surface area contributed by atoms with E-state index in [1.165, 1.54) is 29.2 Å². The van der Waals surface area contributed by atoms with Gasteiger partial charge >= 0.3 is 0 Å². The van der Waals surface area contributed by atoms with Crippen LogP contribution in [0, 0.1) is 5.82 Å². The average molecular weight is 312 g/mol. The van der Waals surface area contributed by atoms with Gasteiger partial charge in [0, 0.05) is 24.3 Å². The number of rotatable bonds is 2. The van der Waals surface area contributed by atoms with E-state index < -0.39 is 6.04 Å². The Morgan fingerprint density at radius 1 is 1.04 bits per heavy atom. The van der Waals surface area contributed by atoms with Crippen LogP contribution >= 0.6 is 0 Å². The van der Waals surface area contributed by atoms with Crippen LogP contribution in [-0.2, 0) is 4.79 Å². The van der Waals surface area contributed by atoms with Crippen LogP contribution in [-0.4, -0.2) is 35.8 Å². The van der Waals surface area contributed by atoms with Crippen LogP contribution in [0.3, 0.4) is 0 Å². The Morgan fingerprint density at radius 3 is 2.35 bits per heavy atom. The summed E-state index contributed by atoms with van der Waals surface area (Å²) in [5, 5.41) is 0. The van der Waals surface area contributed by atoms with Gasteiger partial charge in [-0.15, -0.1) is 0 Å². The molecule has 2 aromatic carbocycles. The van der Waals surface area contributed by atoms with Crippen molar-refractivity contribution >= 4 is 17.5 Å². The van der Waals surface area contributed by atoms with Crippen molar-refractivity contribution in [2.45, 2.75) is 13.0 Å². The predicted octanol–water partition coefficient (Wildman–Crippen LogP) is 2.70. The lowest BCUT2D eigenvalue weighted by Gasteiger charge is -2.39. The minimum absolute atomic E-state index is 0.113. The SMILES string of the molecule is CC1C(=O)N(c2ccccc2)CCN1C(=O)c1ccc(F)cc1. The molecule has 1 atom stereocenters. The first-order chi connectivity index (χ1) is 11.1. The van der Waals surface area contributed by atoms with Crippen molar-refractivity contribution < 1.29 is 14.0 Å². The normalized spacial score (nSPS) is 18.2. The van der Waals surface area contributed by atoms with Gasteiger partial charge in [0.05, 0.1) is 0 Å². The Labute approximate surface area is 134 Å². The monoisotopic (exact) mass is 312 g/mol. The number of halogens is 1. The molecule has 0 radical (unpaired) electrons. The zero-order chi connectivity index (χ0) is 16.4. The molecule has 0 saturated carbocycles. The quantitative estimate of drug-likeness (QED) is 0.855. The van der Waals surface area contributed by atoms with Crippen molar-refractivity contribution in [2.75, 3.05) is 18.0 Å². The van der Waals surface area contributed by atoms with E-state index in [2.05, 4.69) is 0 Å². The maximum absolute atomic E-state index is 13.0. The van der Waals surface area contributed by atoms with Crippen LogP contribution in [0.15, 0.2) is 54.6 Å². The van der Waals surface area contributed by atoms with E-state index in [0.717, 1.165) is 5.69 Å². The van der Waals surface area contributed by atoms with Crippen LogP contribution in [0.5, 0.6) is 0 Å². The minimum atomic E-state index is -0.554. The van der Waals surface area contributed by atoms with Gasteiger partial charge in [0.25, 0.3) is 5.91 Å². The summed E-state index contributed by atoms with van der Waals surface area (Å²) < 4.78 is 13.0. The Morgan fingerprint density at radius 2 is 1.70 bits per heavy atom. The summed E-state index contributed by atoms with van der Waals surface area (Å²) in [4.78, 5) is 28.4. The van der Waals surface area contributed by atoms with Gasteiger partial charge in [-0.3, -0.25) is 9.59 Å². The fourth-order valence-corrected chi connectivity index (χ4v) is 2.77. The number of benzene rings is 2. The Kier molecular flexibility index (Phi) is 4.10. The van der Waals surface area contributed by atoms with E-state index in [0.29, 0.717) is 18.7 Å². The van der Waals surface area contributed by atoms with E-state index in [-0.39, 0.29) is 17.6 Å². The third-order valence-corrected chi connectivity index (χ3v) is 4.08. The first-order valence-electron chi connectivity index (χ1n) is 7.51. The van der Waals surface area contributed by atoms with Gasteiger partial charge in [0.15, 0.2) is 0 Å². The summed E-state index contributed by atoms with van der Waals surface area (Å²) in [5.41, 5.74) is 1.22. The van der Waals surface area contributed by atoms with Crippen molar-refractivity contribution in [3.8, 4) is 0 Å². The van der Waals surface area contributed by atoms with E-state index in [1.807, 2.05) is 30.3 Å². The van der Waals surface area contributed by atoms with Crippen molar-refractivity contribution in [1.29, 1.82) is 0 Å². The molecule has 23 heavy (non-hydrogen) atoms. The average Bonchev–Trinajstić information content (AvgIpc) is 2.58. The first kappa shape index (κ1) is 15.2. The van der Waals surface area contributed by atoms with Gasteiger partial charge in [0.1, 0.15) is 11.9 Å². The largest absolute Gasteiger partial charge is 0.325 e. The van der Waals surface area contributed by atoms with Crippen molar-refractivity contribution in [3.63, 3.8) is 0 Å². The molecule has 118 valence electrons. The van der Waals surface area contributed by atoms with E-state index in [1.54, 1.807) is 11.8 Å². The van der Waals surface area contributed by atoms with Crippen LogP contribution < -0.4 is 4.90 Å². The van der Waals surface area contributed by atoms with Crippen molar-refractivity contribution in [1.82, 2.24) is 4.90 Å². The molecular formula is C18H17FN2O2. The zero-order valence-electron chi connectivity index (χ0n) is 12.8. The number of hydrogen-bond acceptors (Lipinski definition) is 2. The number of para-hydroxylation sites is 1. The van der Waals surface area contributed by atoms with Gasteiger partial charge < -0.3 is 9.80 Å². The van der Waals surface area contributed by atoms with Gasteiger partial charge in [-0.25, -0.2) is 4.39 Å². The maximum atomic E-state index is 13.0. The number of nitrogens with zero attached hydrogens (tertiary/aromatic N) is 2. The maximum Gasteiger partial charge on any atom is 0.254 e. The summed E-state index contributed by atoms with van der Waals surface area (Å²) >= 11 is 0. The molecule has 4 nitrogen and oxygen atoms in total. The first-order valence-corrected chi connectivity index (χ1v) is 7.51. The third kappa shape index (κ3) is 2.95. The van der Waals surface area contributed by atoms with Gasteiger partial charge in [-0.05, 0) is 43.3 Å². The summed E-state index contributed by atoms with van der Waals surface area (Å²) in [6.45, 7) is 2.61. The molecule has 1 aliphatic heterocycles. The predicted molar refractivity (Wildman–Crippen MR) is 85.7 cm³/mol. The molecule has 0 N–H and O–H groups in total. The molecule has 0 aliphatic carbocycles. The molecule has 1 aliphatic rings. The lowest BCUT2D eigenvalue weighted by atomic mass is 10.1. The number of amides is 2. The Balaban J connectivity index is 1.78. The molecule has 1 saturated heterocycles. The molecule has 0 aromatic heterocycles. The summed E-state index contributed by atoms with van der Waals surface area (Å²) in [6, 6.07) is 14.2. The van der Waals surface area contributed by atoms with Crippen LogP contribution in [0.25, 0.3) is 0 Å². The second-order valence-electron chi connectivity index (χ2n) is 5.51. The number of piperazine rings is 1. The van der Waals surface area contributed by atoms with Gasteiger partial charge in [0.2, 0.25) is 5.91 Å². The molecule has 1 heterocycles. The number of carbonyl (C=O) groups is 2. The lowest BCUT2D eigenvalue weighted by Crippen LogP contribution is -2.57. The molecule has 5 heteroatoms. The number of hydrogen-bond donors (Lipinski definition) is 0. The van der Waals surface area contributed by atoms with E-state index in [4.69, 9.17) is 0 Å². The van der Waals surface area contributed by atoms with Gasteiger partial charge in [-0.1, -0.05) is 18.2 Å². The second-order valence-corrected chi connectivity index (χ2v) is 5.51. The summed E-state index contributed by atoms with van der Waals surface area (Å²) in [6.07, 6.45) is 0. The number of anilines is 1. The molecule has 2 aromatic rings. The van der Waals surface area contributed by atoms with Crippen LogP contribution in [0.4, 0.5) is 10.1 Å². The summed E-state index contributed by atoms with van der Waals surface area (Å²) in [5.74, 6) is -0.754. The van der Waals surface area contributed by atoms with Gasteiger partial charge in [-0.2, -0.15) is 0 Å². The highest BCUT2D eigenvalue weighted by molar-refractivity contribution is 6.03. The van der Waals surface area contributed by atoms with E-state index in [9.17, 15) is 14.0 Å². The smallest absolute Gasteiger partial charge is 0.254 e. The van der Waals surface area contributed by atoms with Crippen LogP contribution in [0.1, 0.15) is 17.3 Å². The number of carbonyl (C=O) groups excluding carboxylic acids is 2. The molecule has 2 amide bonds. The highest BCUT2D eigenvalue weighted by atomic mass is 19.1. The molecule has 0 spiro atoms. The fourth-order valence-electron chi connectivity index (χ4n) is 2.77. The van der Waals surface area contributed by atoms with E-state index >= 15 is 0 Å². The molecule has 1 fully saturated rings. The minimum Gasteiger partial charge on any atom is -0.325 e. The Hall–Kier alpha value is -2.69. The summed E-state index contributed by atoms with van der Waals surface area (Å²) in [7, 11) is 0. The van der Waals surface area contributed by atoms with Crippen LogP contribution in [0.2, 0.25) is 0 Å². The molecule has 0 bridgehead atoms. The zero-order valence-corrected chi connectivity index (χ0v) is 12.8.